The Kier molecular flexibility index (Phi) is 14.6. The molecule has 0 bridgehead atoms. The van der Waals surface area contributed by atoms with E-state index in [0.29, 0.717) is 37.3 Å². The highest BCUT2D eigenvalue weighted by molar-refractivity contribution is 7.98. The van der Waals surface area contributed by atoms with Crippen LogP contribution in [0.3, 0.4) is 0 Å². The van der Waals surface area contributed by atoms with Crippen LogP contribution in [0.15, 0.2) is 88.7 Å². The standard InChI is InChI=1S/C37H48N3O7PS2/c1-7-26(4)33(38-37(43)45-24-27-12-9-8-10-13-27)36(42)40-23-11-14-32(40)34(41)39-35(25(2)3)48(44,46-28-15-19-30(49-5)20-16-28)47-29-17-21-31(50-6)22-18-29/h8-10,12-13,15-22,25-26,32-33,35H,7,11,14,23-24H2,1-6H3,(H,38,43)(H,39,41)/t26-,32-,33-,35?/m0/s1. The van der Waals surface area contributed by atoms with Gasteiger partial charge in [0.1, 0.15) is 30.2 Å². The maximum absolute atomic E-state index is 14.9. The van der Waals surface area contributed by atoms with Gasteiger partial charge >= 0.3 is 13.7 Å². The zero-order valence-corrected chi connectivity index (χ0v) is 32.0. The number of amides is 3. The van der Waals surface area contributed by atoms with Crippen molar-refractivity contribution >= 4 is 49.0 Å². The molecule has 0 saturated carbocycles. The number of likely N-dealkylation sites (tertiary alicyclic amines) is 1. The lowest BCUT2D eigenvalue weighted by molar-refractivity contribution is -0.141. The fourth-order valence-corrected chi connectivity index (χ4v) is 8.54. The summed E-state index contributed by atoms with van der Waals surface area (Å²) in [4.78, 5) is 44.5. The lowest BCUT2D eigenvalue weighted by atomic mass is 9.97. The van der Waals surface area contributed by atoms with Gasteiger partial charge in [-0.15, -0.1) is 23.5 Å². The van der Waals surface area contributed by atoms with Crippen LogP contribution in [0.4, 0.5) is 4.79 Å². The van der Waals surface area contributed by atoms with Crippen molar-refractivity contribution in [2.75, 3.05) is 19.1 Å². The predicted octanol–water partition coefficient (Wildman–Crippen LogP) is 8.21. The first-order valence-electron chi connectivity index (χ1n) is 16.8. The van der Waals surface area contributed by atoms with Gasteiger partial charge in [-0.2, -0.15) is 0 Å². The molecular formula is C37H48N3O7PS2. The average Bonchev–Trinajstić information content (AvgIpc) is 3.62. The van der Waals surface area contributed by atoms with E-state index in [4.69, 9.17) is 13.8 Å². The largest absolute Gasteiger partial charge is 0.453 e. The molecule has 50 heavy (non-hydrogen) atoms. The Morgan fingerprint density at radius 1 is 0.860 bits per heavy atom. The number of benzene rings is 3. The molecule has 3 aromatic carbocycles. The van der Waals surface area contributed by atoms with Gasteiger partial charge in [-0.25, -0.2) is 9.36 Å². The van der Waals surface area contributed by atoms with Gasteiger partial charge in [0.25, 0.3) is 0 Å². The molecule has 0 aromatic heterocycles. The van der Waals surface area contributed by atoms with Crippen molar-refractivity contribution in [2.45, 2.75) is 81.2 Å². The molecule has 1 fully saturated rings. The first-order valence-corrected chi connectivity index (χ1v) is 20.9. The van der Waals surface area contributed by atoms with Crippen molar-refractivity contribution in [3.63, 3.8) is 0 Å². The minimum absolute atomic E-state index is 0.0625. The van der Waals surface area contributed by atoms with Gasteiger partial charge in [0.2, 0.25) is 11.8 Å². The summed E-state index contributed by atoms with van der Waals surface area (Å²) >= 11 is 3.14. The van der Waals surface area contributed by atoms with E-state index in [2.05, 4.69) is 10.6 Å². The van der Waals surface area contributed by atoms with E-state index in [-0.39, 0.29) is 24.3 Å². The van der Waals surface area contributed by atoms with Crippen LogP contribution < -0.4 is 19.7 Å². The summed E-state index contributed by atoms with van der Waals surface area (Å²) in [6.07, 6.45) is 4.83. The topological polar surface area (TPSA) is 123 Å². The molecule has 1 heterocycles. The third-order valence-electron chi connectivity index (χ3n) is 8.65. The molecule has 1 unspecified atom stereocenters. The van der Waals surface area contributed by atoms with E-state index in [9.17, 15) is 18.9 Å². The minimum Gasteiger partial charge on any atom is -0.445 e. The molecule has 0 radical (unpaired) electrons. The van der Waals surface area contributed by atoms with Crippen LogP contribution in [-0.2, 0) is 25.5 Å². The number of nitrogens with one attached hydrogen (secondary N) is 2. The third-order valence-corrected chi connectivity index (χ3v) is 12.5. The summed E-state index contributed by atoms with van der Waals surface area (Å²) in [6.45, 7) is 7.88. The molecule has 1 aliphatic heterocycles. The van der Waals surface area contributed by atoms with Crippen LogP contribution in [0.2, 0.25) is 0 Å². The molecule has 4 atom stereocenters. The number of hydrogen-bond acceptors (Lipinski definition) is 9. The van der Waals surface area contributed by atoms with Crippen molar-refractivity contribution in [2.24, 2.45) is 11.8 Å². The Bertz CT molecular complexity index is 1560. The highest BCUT2D eigenvalue weighted by atomic mass is 32.2. The zero-order chi connectivity index (χ0) is 36.3. The second-order valence-electron chi connectivity index (χ2n) is 12.5. The summed E-state index contributed by atoms with van der Waals surface area (Å²) < 4.78 is 32.6. The van der Waals surface area contributed by atoms with Crippen molar-refractivity contribution < 1.29 is 32.7 Å². The fourth-order valence-electron chi connectivity index (χ4n) is 5.61. The van der Waals surface area contributed by atoms with Crippen molar-refractivity contribution in [3.8, 4) is 11.5 Å². The van der Waals surface area contributed by atoms with Crippen LogP contribution in [0.25, 0.3) is 0 Å². The van der Waals surface area contributed by atoms with E-state index in [1.54, 1.807) is 47.8 Å². The van der Waals surface area contributed by atoms with Gasteiger partial charge in [-0.1, -0.05) is 64.4 Å². The lowest BCUT2D eigenvalue weighted by Gasteiger charge is -2.34. The molecule has 10 nitrogen and oxygen atoms in total. The highest BCUT2D eigenvalue weighted by Gasteiger charge is 2.46. The minimum atomic E-state index is -4.13. The molecule has 13 heteroatoms. The monoisotopic (exact) mass is 741 g/mol. The summed E-state index contributed by atoms with van der Waals surface area (Å²) in [7, 11) is -4.13. The van der Waals surface area contributed by atoms with Gasteiger partial charge in [0.15, 0.2) is 5.78 Å². The molecule has 1 aliphatic rings. The molecule has 0 spiro atoms. The van der Waals surface area contributed by atoms with E-state index in [1.807, 2.05) is 94.8 Å². The summed E-state index contributed by atoms with van der Waals surface area (Å²) in [6, 6.07) is 21.9. The van der Waals surface area contributed by atoms with Gasteiger partial charge in [0.05, 0.1) is 0 Å². The Morgan fingerprint density at radius 3 is 1.92 bits per heavy atom. The number of ether oxygens (including phenoxy) is 1. The normalized spacial score (nSPS) is 16.3. The molecule has 3 aromatic rings. The molecular weight excluding hydrogens is 694 g/mol. The first-order chi connectivity index (χ1) is 24.0. The van der Waals surface area contributed by atoms with Crippen LogP contribution in [0.5, 0.6) is 11.5 Å². The quantitative estimate of drug-likeness (QED) is 0.110. The molecule has 0 aliphatic carbocycles. The zero-order valence-electron chi connectivity index (χ0n) is 29.5. The van der Waals surface area contributed by atoms with Crippen LogP contribution >= 0.6 is 31.1 Å². The Balaban J connectivity index is 1.54. The maximum Gasteiger partial charge on any atom is 0.453 e. The van der Waals surface area contributed by atoms with E-state index >= 15 is 0 Å². The summed E-state index contributed by atoms with van der Waals surface area (Å²) in [5.74, 6) is -1.81. The number of carbonyl (C=O) groups excluding carboxylic acids is 3. The average molecular weight is 742 g/mol. The second kappa shape index (κ2) is 18.6. The molecule has 1 saturated heterocycles. The predicted molar refractivity (Wildman–Crippen MR) is 200 cm³/mol. The van der Waals surface area contributed by atoms with E-state index in [0.717, 1.165) is 15.4 Å². The number of hydrogen-bond donors (Lipinski definition) is 2. The number of alkyl carbamates (subject to hydrolysis) is 1. The van der Waals surface area contributed by atoms with E-state index in [1.165, 1.54) is 4.90 Å². The Hall–Kier alpha value is -3.60. The van der Waals surface area contributed by atoms with Crippen molar-refractivity contribution in [3.05, 3.63) is 84.4 Å². The number of carbonyl (C=O) groups is 3. The van der Waals surface area contributed by atoms with Crippen LogP contribution in [-0.4, -0.2) is 59.7 Å². The van der Waals surface area contributed by atoms with Gasteiger partial charge < -0.3 is 29.3 Å². The van der Waals surface area contributed by atoms with Gasteiger partial charge in [-0.3, -0.25) is 9.59 Å². The van der Waals surface area contributed by atoms with Gasteiger partial charge in [0, 0.05) is 16.3 Å². The van der Waals surface area contributed by atoms with Crippen LogP contribution in [0.1, 0.15) is 52.5 Å². The summed E-state index contributed by atoms with van der Waals surface area (Å²) in [5, 5.41) is 5.72. The Labute approximate surface area is 304 Å². The highest BCUT2D eigenvalue weighted by Crippen LogP contribution is 2.54. The Morgan fingerprint density at radius 2 is 1.42 bits per heavy atom. The third kappa shape index (κ3) is 10.5. The number of thioether (sulfide) groups is 2. The van der Waals surface area contributed by atoms with Crippen molar-refractivity contribution in [1.82, 2.24) is 15.5 Å². The smallest absolute Gasteiger partial charge is 0.445 e. The second-order valence-corrected chi connectivity index (χ2v) is 16.3. The van der Waals surface area contributed by atoms with E-state index < -0.39 is 37.5 Å². The fraction of sp³-hybridized carbons (Fsp3) is 0.432. The van der Waals surface area contributed by atoms with Crippen molar-refractivity contribution in [1.29, 1.82) is 0 Å². The molecule has 4 rings (SSSR count). The maximum atomic E-state index is 14.9. The number of nitrogens with zero attached hydrogens (tertiary/aromatic N) is 1. The van der Waals surface area contributed by atoms with Gasteiger partial charge in [-0.05, 0) is 91.3 Å². The lowest BCUT2D eigenvalue weighted by Crippen LogP contribution is -2.56. The first kappa shape index (κ1) is 39.2. The van der Waals surface area contributed by atoms with Crippen LogP contribution in [0, 0.1) is 11.8 Å². The molecule has 3 amide bonds. The SMILES string of the molecule is CC[C@H](C)[C@H](NC(=O)OCc1ccccc1)C(=O)N1CCC[C@H]1C(=O)NC(C(C)C)P(=O)(Oc1ccc(SC)cc1)Oc1ccc(SC)cc1. The molecule has 270 valence electrons. The molecule has 2 N–H and O–H groups in total. The summed E-state index contributed by atoms with van der Waals surface area (Å²) in [5.41, 5.74) is 0.823. The number of rotatable bonds is 16.